The third kappa shape index (κ3) is 8.46. The van der Waals surface area contributed by atoms with E-state index in [0.29, 0.717) is 23.0 Å². The van der Waals surface area contributed by atoms with Crippen molar-refractivity contribution in [3.63, 3.8) is 0 Å². The normalized spacial score (nSPS) is 17.7. The summed E-state index contributed by atoms with van der Waals surface area (Å²) in [7, 11) is 1.47. The fourth-order valence-electron chi connectivity index (χ4n) is 4.93. The van der Waals surface area contributed by atoms with Crippen LogP contribution in [0.4, 0.5) is 18.0 Å². The third-order valence-corrected chi connectivity index (χ3v) is 7.45. The van der Waals surface area contributed by atoms with Crippen LogP contribution in [-0.4, -0.2) is 63.8 Å². The molecule has 1 N–H and O–H groups in total. The highest BCUT2D eigenvalue weighted by Gasteiger charge is 2.40. The largest absolute Gasteiger partial charge is 0.444 e. The number of unbranched alkanes of at least 4 members (excludes halogenated alkanes) is 1. The van der Waals surface area contributed by atoms with Crippen molar-refractivity contribution in [1.29, 1.82) is 0 Å². The topological polar surface area (TPSA) is 78.5 Å². The van der Waals surface area contributed by atoms with Gasteiger partial charge in [0.15, 0.2) is 0 Å². The molecule has 0 saturated carbocycles. The average Bonchev–Trinajstić information content (AvgIpc) is 2.85. The van der Waals surface area contributed by atoms with E-state index in [9.17, 15) is 22.8 Å². The zero-order valence-corrected chi connectivity index (χ0v) is 24.8. The second-order valence-electron chi connectivity index (χ2n) is 11.7. The van der Waals surface area contributed by atoms with Gasteiger partial charge in [-0.25, -0.2) is 9.78 Å². The number of aromatic amines is 1. The molecule has 11 heteroatoms. The van der Waals surface area contributed by atoms with Crippen LogP contribution in [0.25, 0.3) is 11.4 Å². The SMILES string of the molecule is CCCCC1CN(CC(CC(C)C(F)(F)F)N(C)C(=O)OC(C)(C)C)Cc2c1nc(-c1ccc(Cl)cc1)[nH]c2=O. The predicted molar refractivity (Wildman–Crippen MR) is 150 cm³/mol. The number of fused-ring (bicyclic) bond motifs is 1. The van der Waals surface area contributed by atoms with Gasteiger partial charge in [-0.15, -0.1) is 0 Å². The molecule has 222 valence electrons. The molecule has 0 aliphatic carbocycles. The molecule has 0 fully saturated rings. The van der Waals surface area contributed by atoms with Gasteiger partial charge in [-0.3, -0.25) is 9.69 Å². The number of rotatable bonds is 9. The number of alkyl halides is 3. The number of ether oxygens (including phenoxy) is 1. The summed E-state index contributed by atoms with van der Waals surface area (Å²) < 4.78 is 46.2. The smallest absolute Gasteiger partial charge is 0.410 e. The molecule has 1 amide bonds. The standard InChI is InChI=1S/C29H40ClF3N4O3/c1-7-8-9-20-15-37(16-22(14-18(2)29(31,32)33)36(6)27(39)40-28(3,4)5)17-23-24(20)34-25(35-26(23)38)19-10-12-21(30)13-11-19/h10-13,18,20,22H,7-9,14-17H2,1-6H3,(H,34,35,38). The van der Waals surface area contributed by atoms with E-state index in [4.69, 9.17) is 21.3 Å². The molecule has 1 aliphatic rings. The van der Waals surface area contributed by atoms with Gasteiger partial charge in [0, 0.05) is 49.2 Å². The van der Waals surface area contributed by atoms with Crippen molar-refractivity contribution in [1.82, 2.24) is 19.8 Å². The first-order chi connectivity index (χ1) is 18.6. The van der Waals surface area contributed by atoms with Crippen molar-refractivity contribution in [3.8, 4) is 11.4 Å². The van der Waals surface area contributed by atoms with Crippen LogP contribution < -0.4 is 5.56 Å². The maximum Gasteiger partial charge on any atom is 0.410 e. The zero-order chi connectivity index (χ0) is 29.8. The number of nitrogens with one attached hydrogen (secondary N) is 1. The molecule has 2 heterocycles. The molecule has 1 aromatic heterocycles. The predicted octanol–water partition coefficient (Wildman–Crippen LogP) is 7.00. The molecule has 2 aromatic rings. The van der Waals surface area contributed by atoms with Crippen molar-refractivity contribution in [2.45, 2.75) is 90.6 Å². The first-order valence-corrected chi connectivity index (χ1v) is 14.1. The van der Waals surface area contributed by atoms with E-state index in [-0.39, 0.29) is 31.0 Å². The number of aromatic nitrogens is 2. The van der Waals surface area contributed by atoms with E-state index in [2.05, 4.69) is 11.9 Å². The summed E-state index contributed by atoms with van der Waals surface area (Å²) in [6.45, 7) is 9.24. The molecule has 3 rings (SSSR count). The highest BCUT2D eigenvalue weighted by atomic mass is 35.5. The molecule has 7 nitrogen and oxygen atoms in total. The number of H-pyrrole nitrogens is 1. The van der Waals surface area contributed by atoms with Crippen molar-refractivity contribution in [2.75, 3.05) is 20.1 Å². The summed E-state index contributed by atoms with van der Waals surface area (Å²) in [5.74, 6) is -1.25. The van der Waals surface area contributed by atoms with Crippen LogP contribution in [0.2, 0.25) is 5.02 Å². The molecule has 1 aromatic carbocycles. The number of halogens is 4. The molecule has 0 saturated heterocycles. The fraction of sp³-hybridized carbons (Fsp3) is 0.621. The van der Waals surface area contributed by atoms with Gasteiger partial charge in [0.2, 0.25) is 0 Å². The Morgan fingerprint density at radius 3 is 2.48 bits per heavy atom. The van der Waals surface area contributed by atoms with Crippen LogP contribution in [0, 0.1) is 5.92 Å². The van der Waals surface area contributed by atoms with Crippen LogP contribution in [0.15, 0.2) is 29.1 Å². The monoisotopic (exact) mass is 584 g/mol. The number of carbonyl (C=O) groups excluding carboxylic acids is 1. The number of likely N-dealkylation sites (N-methyl/N-ethyl adjacent to an activating group) is 1. The van der Waals surface area contributed by atoms with Crippen molar-refractivity contribution >= 4 is 17.7 Å². The number of amides is 1. The lowest BCUT2D eigenvalue weighted by Crippen LogP contribution is -2.50. The lowest BCUT2D eigenvalue weighted by atomic mass is 9.90. The van der Waals surface area contributed by atoms with Gasteiger partial charge < -0.3 is 14.6 Å². The first-order valence-electron chi connectivity index (χ1n) is 13.7. The summed E-state index contributed by atoms with van der Waals surface area (Å²) in [6.07, 6.45) is -2.72. The number of nitrogens with zero attached hydrogens (tertiary/aromatic N) is 3. The molecule has 1 aliphatic heterocycles. The maximum absolute atomic E-state index is 13.6. The highest BCUT2D eigenvalue weighted by Crippen LogP contribution is 2.34. The van der Waals surface area contributed by atoms with Crippen LogP contribution in [0.5, 0.6) is 0 Å². The van der Waals surface area contributed by atoms with Gasteiger partial charge in [-0.05, 0) is 57.9 Å². The Kier molecular flexibility index (Phi) is 10.3. The van der Waals surface area contributed by atoms with E-state index in [1.807, 2.05) is 4.90 Å². The van der Waals surface area contributed by atoms with Crippen molar-refractivity contribution in [2.24, 2.45) is 5.92 Å². The molecule has 0 radical (unpaired) electrons. The Morgan fingerprint density at radius 1 is 1.25 bits per heavy atom. The zero-order valence-electron chi connectivity index (χ0n) is 24.1. The first kappa shape index (κ1) is 31.9. The summed E-state index contributed by atoms with van der Waals surface area (Å²) >= 11 is 6.02. The summed E-state index contributed by atoms with van der Waals surface area (Å²) in [5.41, 5.74) is 0.899. The molecular weight excluding hydrogens is 545 g/mol. The van der Waals surface area contributed by atoms with E-state index < -0.39 is 29.8 Å². The van der Waals surface area contributed by atoms with Gasteiger partial charge in [0.05, 0.1) is 17.2 Å². The lowest BCUT2D eigenvalue weighted by Gasteiger charge is -2.39. The minimum absolute atomic E-state index is 0.0791. The van der Waals surface area contributed by atoms with Crippen molar-refractivity contribution < 1.29 is 22.7 Å². The summed E-state index contributed by atoms with van der Waals surface area (Å²) in [5, 5.41) is 0.575. The summed E-state index contributed by atoms with van der Waals surface area (Å²) in [6, 6.07) is 6.27. The lowest BCUT2D eigenvalue weighted by molar-refractivity contribution is -0.174. The average molecular weight is 585 g/mol. The van der Waals surface area contributed by atoms with E-state index in [1.54, 1.807) is 45.0 Å². The molecular formula is C29H40ClF3N4O3. The fourth-order valence-corrected chi connectivity index (χ4v) is 5.06. The number of benzene rings is 1. The second kappa shape index (κ2) is 12.9. The molecule has 40 heavy (non-hydrogen) atoms. The van der Waals surface area contributed by atoms with Crippen LogP contribution in [-0.2, 0) is 11.3 Å². The van der Waals surface area contributed by atoms with Gasteiger partial charge in [0.1, 0.15) is 11.4 Å². The van der Waals surface area contributed by atoms with E-state index in [0.717, 1.165) is 37.4 Å². The molecule has 3 atom stereocenters. The van der Waals surface area contributed by atoms with Gasteiger partial charge in [-0.2, -0.15) is 13.2 Å². The van der Waals surface area contributed by atoms with E-state index >= 15 is 0 Å². The van der Waals surface area contributed by atoms with Crippen LogP contribution in [0.1, 0.15) is 77.5 Å². The Morgan fingerprint density at radius 2 is 1.90 bits per heavy atom. The highest BCUT2D eigenvalue weighted by molar-refractivity contribution is 6.30. The Hall–Kier alpha value is -2.59. The van der Waals surface area contributed by atoms with Gasteiger partial charge >= 0.3 is 12.3 Å². The minimum Gasteiger partial charge on any atom is -0.444 e. The van der Waals surface area contributed by atoms with Crippen LogP contribution in [0.3, 0.4) is 0 Å². The minimum atomic E-state index is -4.40. The number of hydrogen-bond acceptors (Lipinski definition) is 5. The molecule has 0 bridgehead atoms. The van der Waals surface area contributed by atoms with Crippen molar-refractivity contribution in [3.05, 3.63) is 50.9 Å². The maximum atomic E-state index is 13.6. The third-order valence-electron chi connectivity index (χ3n) is 7.20. The van der Waals surface area contributed by atoms with E-state index in [1.165, 1.54) is 11.9 Å². The molecule has 3 unspecified atom stereocenters. The quantitative estimate of drug-likeness (QED) is 0.343. The second-order valence-corrected chi connectivity index (χ2v) is 12.2. The Balaban J connectivity index is 1.93. The summed E-state index contributed by atoms with van der Waals surface area (Å²) in [4.78, 5) is 37.1. The molecule has 0 spiro atoms. The van der Waals surface area contributed by atoms with Gasteiger partial charge in [0.25, 0.3) is 5.56 Å². The number of hydrogen-bond donors (Lipinski definition) is 1. The number of carbonyl (C=O) groups is 1. The Bertz CT molecular complexity index is 1210. The van der Waals surface area contributed by atoms with Gasteiger partial charge in [-0.1, -0.05) is 38.3 Å². The Labute approximate surface area is 239 Å². The van der Waals surface area contributed by atoms with Crippen LogP contribution >= 0.6 is 11.6 Å².